The molecule has 2 heteroatoms. The largest absolute Gasteiger partial charge is 0.207 e. The van der Waals surface area contributed by atoms with Gasteiger partial charge < -0.3 is 0 Å². The molecule has 7 aromatic carbocycles. The van der Waals surface area contributed by atoms with E-state index in [9.17, 15) is 8.78 Å². The van der Waals surface area contributed by atoms with E-state index in [1.165, 1.54) is 45.8 Å². The summed E-state index contributed by atoms with van der Waals surface area (Å²) >= 11 is 0. The van der Waals surface area contributed by atoms with Crippen LogP contribution in [0.4, 0.5) is 8.78 Å². The number of hydrogen-bond donors (Lipinski definition) is 0. The Morgan fingerprint density at radius 1 is 0.275 bits per heavy atom. The molecule has 0 nitrogen and oxygen atoms in total. The summed E-state index contributed by atoms with van der Waals surface area (Å²) in [7, 11) is 0. The zero-order valence-electron chi connectivity index (χ0n) is 21.3. The van der Waals surface area contributed by atoms with Crippen molar-refractivity contribution in [2.75, 3.05) is 0 Å². The second-order valence-electron chi connectivity index (χ2n) is 9.89. The van der Waals surface area contributed by atoms with Crippen LogP contribution in [0.15, 0.2) is 121 Å². The normalized spacial score (nSPS) is 10.8. The van der Waals surface area contributed by atoms with Gasteiger partial charge in [0.25, 0.3) is 0 Å². The van der Waals surface area contributed by atoms with Gasteiger partial charge in [-0.25, -0.2) is 8.78 Å². The second kappa shape index (κ2) is 9.70. The predicted molar refractivity (Wildman–Crippen MR) is 161 cm³/mol. The van der Waals surface area contributed by atoms with Crippen molar-refractivity contribution in [2.45, 2.75) is 0 Å². The molecule has 0 aliphatic heterocycles. The Kier molecular flexibility index (Phi) is 5.74. The fourth-order valence-electron chi connectivity index (χ4n) is 5.01. The Morgan fingerprint density at radius 2 is 0.550 bits per heavy atom. The number of hydrogen-bond acceptors (Lipinski definition) is 0. The minimum absolute atomic E-state index is 0.263. The van der Waals surface area contributed by atoms with Crippen molar-refractivity contribution in [2.24, 2.45) is 0 Å². The molecule has 0 N–H and O–H groups in total. The Hall–Kier alpha value is -5.44. The lowest BCUT2D eigenvalue weighted by molar-refractivity contribution is 0.627. The average Bonchev–Trinajstić information content (AvgIpc) is 2.97. The fourth-order valence-corrected chi connectivity index (χ4v) is 5.01. The Labute approximate surface area is 230 Å². The average molecular weight is 515 g/mol. The zero-order valence-corrected chi connectivity index (χ0v) is 21.3. The van der Waals surface area contributed by atoms with Crippen LogP contribution in [0.25, 0.3) is 43.1 Å². The van der Waals surface area contributed by atoms with Gasteiger partial charge in [-0.05, 0) is 152 Å². The number of rotatable bonds is 0. The summed E-state index contributed by atoms with van der Waals surface area (Å²) in [6.07, 6.45) is 0. The van der Waals surface area contributed by atoms with E-state index in [4.69, 9.17) is 0 Å². The lowest BCUT2D eigenvalue weighted by Crippen LogP contribution is -1.83. The summed E-state index contributed by atoms with van der Waals surface area (Å²) in [6.45, 7) is 0. The van der Waals surface area contributed by atoms with Crippen LogP contribution >= 0.6 is 0 Å². The molecule has 0 radical (unpaired) electrons. The van der Waals surface area contributed by atoms with Crippen LogP contribution in [-0.2, 0) is 0 Å². The van der Waals surface area contributed by atoms with Crippen molar-refractivity contribution in [1.29, 1.82) is 0 Å². The molecule has 0 fully saturated rings. The van der Waals surface area contributed by atoms with E-state index >= 15 is 0 Å². The first-order valence-electron chi connectivity index (χ1n) is 13.0. The van der Waals surface area contributed by atoms with Gasteiger partial charge in [0, 0.05) is 22.3 Å². The molecule has 0 aliphatic rings. The number of benzene rings is 7. The Balaban J connectivity index is 1.25. The van der Waals surface area contributed by atoms with E-state index in [0.717, 1.165) is 43.8 Å². The summed E-state index contributed by atoms with van der Waals surface area (Å²) < 4.78 is 26.3. The molecule has 186 valence electrons. The predicted octanol–water partition coefficient (Wildman–Crippen LogP) is 9.38. The van der Waals surface area contributed by atoms with Crippen molar-refractivity contribution in [3.8, 4) is 23.7 Å². The molecule has 0 atom stereocenters. The molecule has 7 aromatic rings. The van der Waals surface area contributed by atoms with E-state index < -0.39 is 0 Å². The van der Waals surface area contributed by atoms with Crippen molar-refractivity contribution < 1.29 is 8.78 Å². The first-order chi connectivity index (χ1) is 19.6. The van der Waals surface area contributed by atoms with Crippen molar-refractivity contribution in [3.63, 3.8) is 0 Å². The molecular formula is C38H20F2. The highest BCUT2D eigenvalue weighted by molar-refractivity contribution is 6.08. The molecule has 0 spiro atoms. The molecule has 40 heavy (non-hydrogen) atoms. The van der Waals surface area contributed by atoms with Gasteiger partial charge in [0.1, 0.15) is 11.6 Å². The van der Waals surface area contributed by atoms with E-state index in [1.54, 1.807) is 24.3 Å². The van der Waals surface area contributed by atoms with E-state index in [0.29, 0.717) is 0 Å². The van der Waals surface area contributed by atoms with Gasteiger partial charge in [0.2, 0.25) is 0 Å². The lowest BCUT2D eigenvalue weighted by Gasteiger charge is -2.08. The highest BCUT2D eigenvalue weighted by atomic mass is 19.1. The molecule has 0 saturated heterocycles. The van der Waals surface area contributed by atoms with E-state index in [1.807, 2.05) is 12.1 Å². The quantitative estimate of drug-likeness (QED) is 0.140. The van der Waals surface area contributed by atoms with Crippen LogP contribution in [0.2, 0.25) is 0 Å². The van der Waals surface area contributed by atoms with Crippen LogP contribution in [0.5, 0.6) is 0 Å². The highest BCUT2D eigenvalue weighted by Crippen LogP contribution is 2.31. The number of halogens is 2. The SMILES string of the molecule is Fc1ccc(C#Cc2ccc3cc4cc5cc6cc(C#Cc7ccc(F)cc7)ccc6cc5cc4cc3c2)cc1. The summed E-state index contributed by atoms with van der Waals surface area (Å²) in [5.41, 5.74) is 3.40. The summed E-state index contributed by atoms with van der Waals surface area (Å²) in [5.74, 6) is 12.1. The van der Waals surface area contributed by atoms with Crippen LogP contribution in [0.1, 0.15) is 22.3 Å². The third kappa shape index (κ3) is 4.76. The zero-order chi connectivity index (χ0) is 27.1. The lowest BCUT2D eigenvalue weighted by atomic mass is 9.96. The molecular weight excluding hydrogens is 494 g/mol. The maximum atomic E-state index is 13.2. The van der Waals surface area contributed by atoms with Gasteiger partial charge in [0.15, 0.2) is 0 Å². The number of fused-ring (bicyclic) bond motifs is 4. The first-order valence-corrected chi connectivity index (χ1v) is 13.0. The summed E-state index contributed by atoms with van der Waals surface area (Å²) in [6, 6.07) is 38.2. The standard InChI is InChI=1S/C38H20F2/c39-37-13-7-25(8-14-37)1-3-27-5-11-29-19-33-24-36-22-32-18-28(4-2-26-9-15-38(40)16-10-26)6-12-30(32)20-34(36)23-35(33)21-31(29)17-27/h5-24H. The van der Waals surface area contributed by atoms with Crippen LogP contribution in [-0.4, -0.2) is 0 Å². The summed E-state index contributed by atoms with van der Waals surface area (Å²) in [5, 5.41) is 9.26. The molecule has 0 aromatic heterocycles. The Bertz CT molecular complexity index is 2050. The monoisotopic (exact) mass is 514 g/mol. The smallest absolute Gasteiger partial charge is 0.123 e. The van der Waals surface area contributed by atoms with Crippen LogP contribution in [0.3, 0.4) is 0 Å². The molecule has 0 saturated carbocycles. The van der Waals surface area contributed by atoms with Crippen LogP contribution in [0, 0.1) is 35.3 Å². The van der Waals surface area contributed by atoms with Gasteiger partial charge in [0.05, 0.1) is 0 Å². The maximum absolute atomic E-state index is 13.2. The van der Waals surface area contributed by atoms with Gasteiger partial charge >= 0.3 is 0 Å². The fraction of sp³-hybridized carbons (Fsp3) is 0. The minimum atomic E-state index is -0.263. The molecule has 7 rings (SSSR count). The topological polar surface area (TPSA) is 0 Å². The minimum Gasteiger partial charge on any atom is -0.207 e. The Morgan fingerprint density at radius 3 is 0.925 bits per heavy atom. The van der Waals surface area contributed by atoms with Crippen LogP contribution < -0.4 is 0 Å². The van der Waals surface area contributed by atoms with Gasteiger partial charge in [-0.15, -0.1) is 0 Å². The second-order valence-corrected chi connectivity index (χ2v) is 9.89. The summed E-state index contributed by atoms with van der Waals surface area (Å²) in [4.78, 5) is 0. The van der Waals surface area contributed by atoms with Crippen molar-refractivity contribution in [1.82, 2.24) is 0 Å². The van der Waals surface area contributed by atoms with Gasteiger partial charge in [-0.3, -0.25) is 0 Å². The first kappa shape index (κ1) is 23.7. The molecule has 0 unspecified atom stereocenters. The van der Waals surface area contributed by atoms with E-state index in [2.05, 4.69) is 84.3 Å². The van der Waals surface area contributed by atoms with Gasteiger partial charge in [-0.1, -0.05) is 35.8 Å². The van der Waals surface area contributed by atoms with Crippen molar-refractivity contribution >= 4 is 43.1 Å². The molecule has 0 heterocycles. The van der Waals surface area contributed by atoms with Crippen molar-refractivity contribution in [3.05, 3.63) is 155 Å². The molecule has 0 aliphatic carbocycles. The maximum Gasteiger partial charge on any atom is 0.123 e. The van der Waals surface area contributed by atoms with E-state index in [-0.39, 0.29) is 11.6 Å². The third-order valence-corrected chi connectivity index (χ3v) is 7.10. The molecule has 0 bridgehead atoms. The third-order valence-electron chi connectivity index (χ3n) is 7.10. The highest BCUT2D eigenvalue weighted by Gasteiger charge is 2.05. The van der Waals surface area contributed by atoms with Gasteiger partial charge in [-0.2, -0.15) is 0 Å². The molecule has 0 amide bonds.